The molecule has 3 aromatic heterocycles. The minimum Gasteiger partial charge on any atom is -0.378 e. The average molecular weight is 430 g/mol. The van der Waals surface area contributed by atoms with Gasteiger partial charge in [-0.1, -0.05) is 0 Å². The summed E-state index contributed by atoms with van der Waals surface area (Å²) in [5.41, 5.74) is 9.16. The molecule has 0 bridgehead atoms. The first kappa shape index (κ1) is 19.9. The van der Waals surface area contributed by atoms with Crippen LogP contribution in [0.25, 0.3) is 22.2 Å². The number of hydrogen-bond acceptors (Lipinski definition) is 9. The number of nitrogens with two attached hydrogens (primary N) is 1. The Balaban J connectivity index is 1.55. The van der Waals surface area contributed by atoms with Crippen LogP contribution in [0.3, 0.4) is 0 Å². The Hall–Kier alpha value is -4.05. The summed E-state index contributed by atoms with van der Waals surface area (Å²) in [5, 5.41) is 3.70. The van der Waals surface area contributed by atoms with E-state index in [0.29, 0.717) is 28.0 Å². The van der Waals surface area contributed by atoms with Gasteiger partial charge >= 0.3 is 0 Å². The molecule has 3 N–H and O–H groups in total. The molecule has 0 aliphatic carbocycles. The highest BCUT2D eigenvalue weighted by Crippen LogP contribution is 2.27. The van der Waals surface area contributed by atoms with Crippen molar-refractivity contribution in [2.24, 2.45) is 7.05 Å². The number of aromatic nitrogens is 5. The molecular weight excluding hydrogens is 408 g/mol. The number of pyridine rings is 1. The summed E-state index contributed by atoms with van der Waals surface area (Å²) in [6.07, 6.45) is 4.69. The van der Waals surface area contributed by atoms with E-state index in [4.69, 9.17) is 15.5 Å². The van der Waals surface area contributed by atoms with Crippen molar-refractivity contribution >= 4 is 34.0 Å². The number of nitrogens with one attached hydrogen (secondary N) is 1. The Morgan fingerprint density at radius 1 is 1.06 bits per heavy atom. The number of fused-ring (bicyclic) bond motifs is 1. The van der Waals surface area contributed by atoms with Crippen LogP contribution in [0.15, 0.2) is 53.8 Å². The predicted octanol–water partition coefficient (Wildman–Crippen LogP) is 1.95. The second kappa shape index (κ2) is 8.23. The Morgan fingerprint density at radius 2 is 1.78 bits per heavy atom. The number of ether oxygens (including phenoxy) is 1. The fraction of sp³-hybridized carbons (Fsp3) is 0.227. The Bertz CT molecular complexity index is 1310. The first-order valence-corrected chi connectivity index (χ1v) is 10.2. The summed E-state index contributed by atoms with van der Waals surface area (Å²) >= 11 is 0. The number of hydrogen-bond donors (Lipinski definition) is 2. The number of nitrogens with zero attached hydrogens (tertiary/aromatic N) is 6. The third kappa shape index (κ3) is 3.83. The van der Waals surface area contributed by atoms with E-state index in [9.17, 15) is 4.79 Å². The van der Waals surface area contributed by atoms with Crippen LogP contribution in [0.4, 0.5) is 23.1 Å². The number of nitrogen functional groups attached to an aromatic ring is 1. The molecule has 0 amide bonds. The normalized spacial score (nSPS) is 14.0. The lowest BCUT2D eigenvalue weighted by molar-refractivity contribution is 0.122. The van der Waals surface area contributed by atoms with Gasteiger partial charge in [0, 0.05) is 49.5 Å². The number of anilines is 4. The molecule has 10 nitrogen and oxygen atoms in total. The van der Waals surface area contributed by atoms with Gasteiger partial charge in [-0.3, -0.25) is 4.79 Å². The topological polar surface area (TPSA) is 124 Å². The molecule has 5 rings (SSSR count). The van der Waals surface area contributed by atoms with E-state index in [1.807, 2.05) is 24.3 Å². The maximum absolute atomic E-state index is 12.9. The summed E-state index contributed by atoms with van der Waals surface area (Å²) in [7, 11) is 1.66. The molecule has 0 unspecified atom stereocenters. The van der Waals surface area contributed by atoms with E-state index in [1.54, 1.807) is 25.5 Å². The molecule has 1 fully saturated rings. The van der Waals surface area contributed by atoms with Crippen LogP contribution < -0.4 is 21.5 Å². The quantitative estimate of drug-likeness (QED) is 0.500. The standard InChI is InChI=1S/C22H22N8O2/c1-29-13-26-18-10-17(14-11-24-22(23)25-12-14)28-20(19(18)21(29)31)27-15-2-4-16(5-3-15)30-6-8-32-9-7-30/h2-5,10-13H,6-9H2,1H3,(H,27,28)(H2,23,24,25). The van der Waals surface area contributed by atoms with Gasteiger partial charge in [-0.05, 0) is 30.3 Å². The van der Waals surface area contributed by atoms with Crippen molar-refractivity contribution in [1.29, 1.82) is 0 Å². The van der Waals surface area contributed by atoms with Gasteiger partial charge in [0.25, 0.3) is 5.56 Å². The number of rotatable bonds is 4. The highest BCUT2D eigenvalue weighted by atomic mass is 16.5. The Kier molecular flexibility index (Phi) is 5.12. The minimum atomic E-state index is -0.185. The van der Waals surface area contributed by atoms with Crippen molar-refractivity contribution in [3.05, 3.63) is 59.4 Å². The third-order valence-electron chi connectivity index (χ3n) is 5.38. The van der Waals surface area contributed by atoms with E-state index in [2.05, 4.69) is 25.2 Å². The minimum absolute atomic E-state index is 0.181. The zero-order chi connectivity index (χ0) is 22.1. The second-order valence-corrected chi connectivity index (χ2v) is 7.51. The summed E-state index contributed by atoms with van der Waals surface area (Å²) in [5.74, 6) is 0.599. The Morgan fingerprint density at radius 3 is 2.50 bits per heavy atom. The summed E-state index contributed by atoms with van der Waals surface area (Å²) in [6.45, 7) is 3.19. The maximum atomic E-state index is 12.9. The highest BCUT2D eigenvalue weighted by Gasteiger charge is 2.15. The van der Waals surface area contributed by atoms with E-state index >= 15 is 0 Å². The number of aryl methyl sites for hydroxylation is 1. The van der Waals surface area contributed by atoms with Crippen LogP contribution in [0.5, 0.6) is 0 Å². The van der Waals surface area contributed by atoms with Crippen LogP contribution in [0.2, 0.25) is 0 Å². The lowest BCUT2D eigenvalue weighted by Crippen LogP contribution is -2.36. The van der Waals surface area contributed by atoms with Crippen LogP contribution >= 0.6 is 0 Å². The molecule has 4 heterocycles. The molecular formula is C22H22N8O2. The molecule has 1 aliphatic rings. The predicted molar refractivity (Wildman–Crippen MR) is 123 cm³/mol. The zero-order valence-electron chi connectivity index (χ0n) is 17.5. The van der Waals surface area contributed by atoms with Crippen molar-refractivity contribution in [2.75, 3.05) is 42.3 Å². The van der Waals surface area contributed by atoms with Crippen LogP contribution in [-0.2, 0) is 11.8 Å². The molecule has 1 aromatic carbocycles. The third-order valence-corrected chi connectivity index (χ3v) is 5.38. The summed E-state index contributed by atoms with van der Waals surface area (Å²) in [6, 6.07) is 9.78. The molecule has 10 heteroatoms. The van der Waals surface area contributed by atoms with Gasteiger partial charge in [0.15, 0.2) is 0 Å². The molecule has 162 valence electrons. The lowest BCUT2D eigenvalue weighted by Gasteiger charge is -2.28. The van der Waals surface area contributed by atoms with Crippen molar-refractivity contribution < 1.29 is 4.74 Å². The fourth-order valence-electron chi connectivity index (χ4n) is 3.64. The number of benzene rings is 1. The van der Waals surface area contributed by atoms with Gasteiger partial charge in [0.1, 0.15) is 11.2 Å². The second-order valence-electron chi connectivity index (χ2n) is 7.51. The van der Waals surface area contributed by atoms with Gasteiger partial charge in [-0.25, -0.2) is 19.9 Å². The molecule has 0 saturated carbocycles. The van der Waals surface area contributed by atoms with Gasteiger partial charge < -0.3 is 25.3 Å². The van der Waals surface area contributed by atoms with Gasteiger partial charge in [0.05, 0.1) is 30.8 Å². The van der Waals surface area contributed by atoms with Gasteiger partial charge in [0.2, 0.25) is 5.95 Å². The van der Waals surface area contributed by atoms with Gasteiger partial charge in [-0.15, -0.1) is 0 Å². The van der Waals surface area contributed by atoms with E-state index in [-0.39, 0.29) is 11.5 Å². The molecule has 0 spiro atoms. The summed E-state index contributed by atoms with van der Waals surface area (Å²) < 4.78 is 6.86. The SMILES string of the molecule is Cn1cnc2cc(-c3cnc(N)nc3)nc(Nc3ccc(N4CCOCC4)cc3)c2c1=O. The largest absolute Gasteiger partial charge is 0.378 e. The molecule has 1 saturated heterocycles. The molecule has 0 radical (unpaired) electrons. The highest BCUT2D eigenvalue weighted by molar-refractivity contribution is 5.92. The first-order valence-electron chi connectivity index (χ1n) is 10.2. The van der Waals surface area contributed by atoms with Crippen LogP contribution in [-0.4, -0.2) is 50.8 Å². The monoisotopic (exact) mass is 430 g/mol. The molecule has 1 aliphatic heterocycles. The van der Waals surface area contributed by atoms with Crippen LogP contribution in [0, 0.1) is 0 Å². The fourth-order valence-corrected chi connectivity index (χ4v) is 3.64. The van der Waals surface area contributed by atoms with E-state index in [0.717, 1.165) is 37.7 Å². The number of morpholine rings is 1. The molecule has 4 aromatic rings. The summed E-state index contributed by atoms with van der Waals surface area (Å²) in [4.78, 5) is 32.4. The van der Waals surface area contributed by atoms with E-state index < -0.39 is 0 Å². The van der Waals surface area contributed by atoms with Gasteiger partial charge in [-0.2, -0.15) is 0 Å². The van der Waals surface area contributed by atoms with Crippen molar-refractivity contribution in [2.45, 2.75) is 0 Å². The van der Waals surface area contributed by atoms with Crippen molar-refractivity contribution in [3.63, 3.8) is 0 Å². The maximum Gasteiger partial charge on any atom is 0.264 e. The first-order chi connectivity index (χ1) is 15.6. The van der Waals surface area contributed by atoms with Crippen molar-refractivity contribution in [1.82, 2.24) is 24.5 Å². The van der Waals surface area contributed by atoms with Crippen molar-refractivity contribution in [3.8, 4) is 11.3 Å². The van der Waals surface area contributed by atoms with Crippen LogP contribution in [0.1, 0.15) is 0 Å². The molecule has 0 atom stereocenters. The zero-order valence-corrected chi connectivity index (χ0v) is 17.5. The lowest BCUT2D eigenvalue weighted by atomic mass is 10.1. The average Bonchev–Trinajstić information content (AvgIpc) is 2.83. The Labute approximate surface area is 183 Å². The van der Waals surface area contributed by atoms with E-state index in [1.165, 1.54) is 10.9 Å². The smallest absolute Gasteiger partial charge is 0.264 e. The molecule has 32 heavy (non-hydrogen) atoms.